The van der Waals surface area contributed by atoms with Crippen LogP contribution >= 0.6 is 15.9 Å². The number of halogens is 1. The minimum absolute atomic E-state index is 0.105. The third-order valence-electron chi connectivity index (χ3n) is 3.62. The van der Waals surface area contributed by atoms with Gasteiger partial charge in [-0.3, -0.25) is 0 Å². The lowest BCUT2D eigenvalue weighted by Gasteiger charge is -2.20. The molecule has 0 saturated carbocycles. The first-order valence-electron chi connectivity index (χ1n) is 7.31. The van der Waals surface area contributed by atoms with E-state index in [0.29, 0.717) is 4.90 Å². The molecule has 0 aliphatic carbocycles. The van der Waals surface area contributed by atoms with Crippen LogP contribution in [0.5, 0.6) is 0 Å². The van der Waals surface area contributed by atoms with E-state index in [1.807, 2.05) is 24.3 Å². The topological polar surface area (TPSA) is 46.2 Å². The maximum Gasteiger partial charge on any atom is 0.178 e. The Bertz CT molecular complexity index is 730. The van der Waals surface area contributed by atoms with E-state index < -0.39 is 9.84 Å². The summed E-state index contributed by atoms with van der Waals surface area (Å²) in [4.78, 5) is 0.347. The summed E-state index contributed by atoms with van der Waals surface area (Å²) in [6.07, 6.45) is 0.936. The van der Waals surface area contributed by atoms with Crippen LogP contribution in [0, 0.1) is 0 Å². The zero-order chi connectivity index (χ0) is 16.2. The van der Waals surface area contributed by atoms with E-state index in [0.717, 1.165) is 16.6 Å². The van der Waals surface area contributed by atoms with Crippen molar-refractivity contribution in [1.29, 1.82) is 0 Å². The minimum Gasteiger partial charge on any atom is -0.377 e. The van der Waals surface area contributed by atoms with Crippen molar-refractivity contribution in [2.75, 3.05) is 11.1 Å². The number of sulfone groups is 1. The van der Waals surface area contributed by atoms with Crippen molar-refractivity contribution in [2.45, 2.75) is 31.2 Å². The van der Waals surface area contributed by atoms with Gasteiger partial charge in [-0.25, -0.2) is 8.42 Å². The van der Waals surface area contributed by atoms with Gasteiger partial charge in [-0.15, -0.1) is 0 Å². The van der Waals surface area contributed by atoms with Crippen LogP contribution in [-0.4, -0.2) is 14.2 Å². The molecule has 1 atom stereocenters. The van der Waals surface area contributed by atoms with Crippen LogP contribution in [0.1, 0.15) is 31.9 Å². The number of nitrogens with one attached hydrogen (secondary N) is 1. The lowest BCUT2D eigenvalue weighted by atomic mass is 10.0. The van der Waals surface area contributed by atoms with Gasteiger partial charge >= 0.3 is 0 Å². The van der Waals surface area contributed by atoms with Crippen LogP contribution in [-0.2, 0) is 9.84 Å². The monoisotopic (exact) mass is 381 g/mol. The molecule has 1 N–H and O–H groups in total. The lowest BCUT2D eigenvalue weighted by Crippen LogP contribution is -2.10. The third kappa shape index (κ3) is 3.90. The molecule has 0 aromatic heterocycles. The van der Waals surface area contributed by atoms with Gasteiger partial charge in [-0.05, 0) is 46.1 Å². The Labute approximate surface area is 140 Å². The molecule has 0 heterocycles. The Morgan fingerprint density at radius 3 is 2.32 bits per heavy atom. The Balaban J connectivity index is 2.27. The molecule has 2 rings (SSSR count). The highest BCUT2D eigenvalue weighted by Gasteiger charge is 2.15. The molecule has 22 heavy (non-hydrogen) atoms. The van der Waals surface area contributed by atoms with Crippen LogP contribution in [0.25, 0.3) is 0 Å². The summed E-state index contributed by atoms with van der Waals surface area (Å²) in [5.74, 6) is 0.105. The van der Waals surface area contributed by atoms with Crippen LogP contribution in [0.15, 0.2) is 57.9 Å². The highest BCUT2D eigenvalue weighted by molar-refractivity contribution is 9.10. The second-order valence-electron chi connectivity index (χ2n) is 5.06. The zero-order valence-corrected chi connectivity index (χ0v) is 15.1. The molecule has 5 heteroatoms. The fourth-order valence-electron chi connectivity index (χ4n) is 2.27. The first kappa shape index (κ1) is 17.0. The van der Waals surface area contributed by atoms with Crippen molar-refractivity contribution in [3.05, 3.63) is 58.6 Å². The van der Waals surface area contributed by atoms with Gasteiger partial charge in [0.25, 0.3) is 0 Å². The Morgan fingerprint density at radius 2 is 1.77 bits per heavy atom. The minimum atomic E-state index is -3.18. The van der Waals surface area contributed by atoms with Gasteiger partial charge in [0.15, 0.2) is 9.84 Å². The quantitative estimate of drug-likeness (QED) is 0.780. The first-order valence-corrected chi connectivity index (χ1v) is 9.76. The molecule has 0 aliphatic rings. The van der Waals surface area contributed by atoms with Crippen LogP contribution in [0.2, 0.25) is 0 Å². The number of rotatable bonds is 6. The summed E-state index contributed by atoms with van der Waals surface area (Å²) in [7, 11) is -3.18. The number of anilines is 1. The van der Waals surface area contributed by atoms with Gasteiger partial charge in [-0.1, -0.05) is 44.2 Å². The molecule has 0 fully saturated rings. The van der Waals surface area contributed by atoms with Crippen molar-refractivity contribution >= 4 is 31.5 Å². The van der Waals surface area contributed by atoms with Gasteiger partial charge in [0.05, 0.1) is 16.7 Å². The summed E-state index contributed by atoms with van der Waals surface area (Å²) in [5.41, 5.74) is 2.10. The molecule has 0 saturated heterocycles. The lowest BCUT2D eigenvalue weighted by molar-refractivity contribution is 0.597. The maximum absolute atomic E-state index is 11.9. The molecular formula is C17H20BrNO2S. The van der Waals surface area contributed by atoms with E-state index >= 15 is 0 Å². The number of benzene rings is 2. The highest BCUT2D eigenvalue weighted by Crippen LogP contribution is 2.30. The summed E-state index contributed by atoms with van der Waals surface area (Å²) in [6, 6.07) is 15.5. The van der Waals surface area contributed by atoms with Gasteiger partial charge in [0.1, 0.15) is 0 Å². The fraction of sp³-hybridized carbons (Fsp3) is 0.294. The Kier molecular flexibility index (Phi) is 5.64. The fourth-order valence-corrected chi connectivity index (χ4v) is 3.82. The highest BCUT2D eigenvalue weighted by atomic mass is 79.9. The van der Waals surface area contributed by atoms with Crippen molar-refractivity contribution in [2.24, 2.45) is 0 Å². The molecule has 0 bridgehead atoms. The molecule has 0 radical (unpaired) electrons. The normalized spacial score (nSPS) is 12.9. The van der Waals surface area contributed by atoms with Gasteiger partial charge < -0.3 is 5.32 Å². The van der Waals surface area contributed by atoms with E-state index in [4.69, 9.17) is 0 Å². The average Bonchev–Trinajstić information content (AvgIpc) is 2.54. The van der Waals surface area contributed by atoms with E-state index in [1.165, 1.54) is 5.56 Å². The smallest absolute Gasteiger partial charge is 0.178 e. The maximum atomic E-state index is 11.9. The average molecular weight is 382 g/mol. The number of hydrogen-bond donors (Lipinski definition) is 1. The summed E-state index contributed by atoms with van der Waals surface area (Å²) >= 11 is 3.47. The SMILES string of the molecule is CCC(Nc1ccc(S(=O)(=O)CC)cc1Br)c1ccccc1. The van der Waals surface area contributed by atoms with Crippen molar-refractivity contribution in [1.82, 2.24) is 0 Å². The zero-order valence-electron chi connectivity index (χ0n) is 12.7. The third-order valence-corrected chi connectivity index (χ3v) is 6.01. The van der Waals surface area contributed by atoms with Crippen LogP contribution < -0.4 is 5.32 Å². The van der Waals surface area contributed by atoms with E-state index in [2.05, 4.69) is 40.3 Å². The summed E-state index contributed by atoms with van der Waals surface area (Å²) in [5, 5.41) is 3.47. The molecule has 0 spiro atoms. The largest absolute Gasteiger partial charge is 0.377 e. The second kappa shape index (κ2) is 7.29. The van der Waals surface area contributed by atoms with Crippen LogP contribution in [0.3, 0.4) is 0 Å². The molecule has 2 aromatic carbocycles. The Morgan fingerprint density at radius 1 is 1.09 bits per heavy atom. The van der Waals surface area contributed by atoms with Crippen molar-refractivity contribution in [3.8, 4) is 0 Å². The number of hydrogen-bond acceptors (Lipinski definition) is 3. The predicted octanol–water partition coefficient (Wildman–Crippen LogP) is 4.81. The molecule has 3 nitrogen and oxygen atoms in total. The van der Waals surface area contributed by atoms with Crippen LogP contribution in [0.4, 0.5) is 5.69 Å². The molecular weight excluding hydrogens is 362 g/mol. The molecule has 0 amide bonds. The van der Waals surface area contributed by atoms with E-state index in [9.17, 15) is 8.42 Å². The van der Waals surface area contributed by atoms with Gasteiger partial charge in [0, 0.05) is 10.2 Å². The molecule has 118 valence electrons. The van der Waals surface area contributed by atoms with E-state index in [1.54, 1.807) is 19.1 Å². The van der Waals surface area contributed by atoms with Crippen molar-refractivity contribution in [3.63, 3.8) is 0 Å². The second-order valence-corrected chi connectivity index (χ2v) is 8.19. The van der Waals surface area contributed by atoms with Gasteiger partial charge in [0.2, 0.25) is 0 Å². The molecule has 0 aliphatic heterocycles. The summed E-state index contributed by atoms with van der Waals surface area (Å²) < 4.78 is 24.6. The van der Waals surface area contributed by atoms with Crippen molar-refractivity contribution < 1.29 is 8.42 Å². The Hall–Kier alpha value is -1.33. The standard InChI is InChI=1S/C17H20BrNO2S/c1-3-16(13-8-6-5-7-9-13)19-17-11-10-14(12-15(17)18)22(20,21)4-2/h5-12,16,19H,3-4H2,1-2H3. The molecule has 2 aromatic rings. The summed E-state index contributed by atoms with van der Waals surface area (Å²) in [6.45, 7) is 3.77. The first-order chi connectivity index (χ1) is 10.5. The van der Waals surface area contributed by atoms with E-state index in [-0.39, 0.29) is 11.8 Å². The van der Waals surface area contributed by atoms with Gasteiger partial charge in [-0.2, -0.15) is 0 Å². The predicted molar refractivity (Wildman–Crippen MR) is 95.0 cm³/mol. The molecule has 1 unspecified atom stereocenters.